The minimum atomic E-state index is -0.138. The summed E-state index contributed by atoms with van der Waals surface area (Å²) in [4.78, 5) is 32.3. The number of carbonyl (C=O) groups excluding carboxylic acids is 2. The van der Waals surface area contributed by atoms with Crippen molar-refractivity contribution in [3.8, 4) is 11.5 Å². The zero-order chi connectivity index (χ0) is 22.0. The summed E-state index contributed by atoms with van der Waals surface area (Å²) < 4.78 is 10.6. The smallest absolute Gasteiger partial charge is 0.274 e. The number of amides is 2. The lowest BCUT2D eigenvalue weighted by Gasteiger charge is -2.34. The molecule has 9 nitrogen and oxygen atoms in total. The van der Waals surface area contributed by atoms with E-state index in [0.29, 0.717) is 55.4 Å². The molecule has 1 saturated heterocycles. The van der Waals surface area contributed by atoms with Crippen molar-refractivity contribution in [1.82, 2.24) is 24.9 Å². The fourth-order valence-electron chi connectivity index (χ4n) is 4.21. The maximum Gasteiger partial charge on any atom is 0.274 e. The quantitative estimate of drug-likeness (QED) is 0.776. The maximum absolute atomic E-state index is 13.2. The van der Waals surface area contributed by atoms with E-state index < -0.39 is 0 Å². The number of carbonyl (C=O) groups is 2. The van der Waals surface area contributed by atoms with E-state index in [2.05, 4.69) is 22.0 Å². The molecule has 1 N–H and O–H groups in total. The van der Waals surface area contributed by atoms with Crippen LogP contribution < -0.4 is 9.47 Å². The predicted octanol–water partition coefficient (Wildman–Crippen LogP) is 1.40. The van der Waals surface area contributed by atoms with E-state index in [1.807, 2.05) is 4.90 Å². The molecule has 166 valence electrons. The summed E-state index contributed by atoms with van der Waals surface area (Å²) in [5, 5.41) is 7.34. The highest BCUT2D eigenvalue weighted by atomic mass is 16.5. The lowest BCUT2D eigenvalue weighted by molar-refractivity contribution is 0.0629. The van der Waals surface area contributed by atoms with Crippen molar-refractivity contribution >= 4 is 11.8 Å². The molecule has 9 heteroatoms. The normalized spacial score (nSPS) is 16.7. The number of piperazine rings is 1. The lowest BCUT2D eigenvalue weighted by atomic mass is 10.0. The number of nitrogens with one attached hydrogen (secondary N) is 1. The monoisotopic (exact) mass is 427 g/mol. The highest BCUT2D eigenvalue weighted by Gasteiger charge is 2.32. The molecule has 1 aromatic carbocycles. The van der Waals surface area contributed by atoms with Crippen LogP contribution in [-0.4, -0.2) is 90.2 Å². The SMILES string of the molecule is CCN1CCN(C(=O)c2n[nH]c3c2CN(C(=O)c2ccc(OC)cc2OC)CC3)CC1. The van der Waals surface area contributed by atoms with E-state index in [0.717, 1.165) is 30.9 Å². The van der Waals surface area contributed by atoms with Gasteiger partial charge in [0.15, 0.2) is 5.69 Å². The summed E-state index contributed by atoms with van der Waals surface area (Å²) in [5.74, 6) is 0.888. The number of rotatable bonds is 5. The van der Waals surface area contributed by atoms with Crippen LogP contribution in [0.2, 0.25) is 0 Å². The number of likely N-dealkylation sites (N-methyl/N-ethyl adjacent to an activating group) is 1. The molecule has 0 radical (unpaired) electrons. The minimum Gasteiger partial charge on any atom is -0.497 e. The van der Waals surface area contributed by atoms with E-state index in [1.165, 1.54) is 7.11 Å². The van der Waals surface area contributed by atoms with Crippen LogP contribution in [0.3, 0.4) is 0 Å². The largest absolute Gasteiger partial charge is 0.497 e. The third-order valence-electron chi connectivity index (χ3n) is 6.17. The standard InChI is InChI=1S/C22H29N5O4/c1-4-25-9-11-26(12-10-25)22(29)20-17-14-27(8-7-18(17)23-24-20)21(28)16-6-5-15(30-2)13-19(16)31-3/h5-6,13H,4,7-12,14H2,1-3H3,(H,23,24). The maximum atomic E-state index is 13.2. The summed E-state index contributed by atoms with van der Waals surface area (Å²) in [6.45, 7) is 7.14. The highest BCUT2D eigenvalue weighted by molar-refractivity contribution is 5.98. The van der Waals surface area contributed by atoms with Crippen molar-refractivity contribution in [2.45, 2.75) is 19.9 Å². The molecule has 1 fully saturated rings. The third-order valence-corrected chi connectivity index (χ3v) is 6.17. The van der Waals surface area contributed by atoms with Crippen molar-refractivity contribution < 1.29 is 19.1 Å². The highest BCUT2D eigenvalue weighted by Crippen LogP contribution is 2.28. The number of hydrogen-bond donors (Lipinski definition) is 1. The number of nitrogens with zero attached hydrogens (tertiary/aromatic N) is 4. The molecule has 0 saturated carbocycles. The molecule has 1 aromatic heterocycles. The summed E-state index contributed by atoms with van der Waals surface area (Å²) in [6, 6.07) is 5.16. The molecule has 0 unspecified atom stereocenters. The van der Waals surface area contributed by atoms with Crippen LogP contribution in [0, 0.1) is 0 Å². The second-order valence-corrected chi connectivity index (χ2v) is 7.80. The van der Waals surface area contributed by atoms with Gasteiger partial charge >= 0.3 is 0 Å². The summed E-state index contributed by atoms with van der Waals surface area (Å²) >= 11 is 0. The summed E-state index contributed by atoms with van der Waals surface area (Å²) in [6.07, 6.45) is 0.628. The first-order valence-electron chi connectivity index (χ1n) is 10.6. The van der Waals surface area contributed by atoms with Crippen LogP contribution in [0.15, 0.2) is 18.2 Å². The number of aromatic nitrogens is 2. The Bertz CT molecular complexity index is 965. The van der Waals surface area contributed by atoms with Gasteiger partial charge in [-0.25, -0.2) is 0 Å². The summed E-state index contributed by atoms with van der Waals surface area (Å²) in [7, 11) is 3.10. The molecule has 2 aromatic rings. The Kier molecular flexibility index (Phi) is 6.13. The van der Waals surface area contributed by atoms with Crippen LogP contribution in [0.25, 0.3) is 0 Å². The molecule has 3 heterocycles. The second kappa shape index (κ2) is 8.97. The van der Waals surface area contributed by atoms with Crippen LogP contribution in [0.5, 0.6) is 11.5 Å². The Morgan fingerprint density at radius 2 is 1.81 bits per heavy atom. The zero-order valence-corrected chi connectivity index (χ0v) is 18.3. The van der Waals surface area contributed by atoms with Crippen LogP contribution in [0.1, 0.15) is 39.0 Å². The van der Waals surface area contributed by atoms with Crippen molar-refractivity contribution in [1.29, 1.82) is 0 Å². The van der Waals surface area contributed by atoms with Crippen LogP contribution in [0.4, 0.5) is 0 Å². The fraction of sp³-hybridized carbons (Fsp3) is 0.500. The van der Waals surface area contributed by atoms with Gasteiger partial charge in [0.2, 0.25) is 0 Å². The molecule has 0 aliphatic carbocycles. The Morgan fingerprint density at radius 1 is 1.03 bits per heavy atom. The molecular weight excluding hydrogens is 398 g/mol. The van der Waals surface area contributed by atoms with Crippen molar-refractivity contribution in [3.05, 3.63) is 40.7 Å². The topological polar surface area (TPSA) is 91.0 Å². The molecule has 4 rings (SSSR count). The van der Waals surface area contributed by atoms with Gasteiger partial charge in [0.25, 0.3) is 11.8 Å². The Morgan fingerprint density at radius 3 is 2.48 bits per heavy atom. The number of hydrogen-bond acceptors (Lipinski definition) is 6. The van der Waals surface area contributed by atoms with Gasteiger partial charge in [0.05, 0.1) is 26.3 Å². The number of aromatic amines is 1. The zero-order valence-electron chi connectivity index (χ0n) is 18.3. The van der Waals surface area contributed by atoms with Crippen LogP contribution in [-0.2, 0) is 13.0 Å². The molecule has 0 bridgehead atoms. The van der Waals surface area contributed by atoms with Gasteiger partial charge in [0.1, 0.15) is 11.5 Å². The number of ether oxygens (including phenoxy) is 2. The average molecular weight is 428 g/mol. The van der Waals surface area contributed by atoms with Crippen molar-refractivity contribution in [2.75, 3.05) is 53.5 Å². The van der Waals surface area contributed by atoms with Gasteiger partial charge in [-0.3, -0.25) is 14.7 Å². The lowest BCUT2D eigenvalue weighted by Crippen LogP contribution is -2.48. The van der Waals surface area contributed by atoms with Crippen LogP contribution >= 0.6 is 0 Å². The predicted molar refractivity (Wildman–Crippen MR) is 115 cm³/mol. The van der Waals surface area contributed by atoms with E-state index >= 15 is 0 Å². The molecule has 2 aliphatic rings. The van der Waals surface area contributed by atoms with Crippen molar-refractivity contribution in [3.63, 3.8) is 0 Å². The number of fused-ring (bicyclic) bond motifs is 1. The van der Waals surface area contributed by atoms with E-state index in [4.69, 9.17) is 9.47 Å². The van der Waals surface area contributed by atoms with Gasteiger partial charge in [0, 0.05) is 56.5 Å². The van der Waals surface area contributed by atoms with E-state index in [-0.39, 0.29) is 11.8 Å². The molecule has 2 amide bonds. The van der Waals surface area contributed by atoms with Crippen molar-refractivity contribution in [2.24, 2.45) is 0 Å². The molecule has 31 heavy (non-hydrogen) atoms. The van der Waals surface area contributed by atoms with Gasteiger partial charge in [-0.05, 0) is 18.7 Å². The first-order valence-corrected chi connectivity index (χ1v) is 10.6. The molecular formula is C22H29N5O4. The van der Waals surface area contributed by atoms with Gasteiger partial charge in [-0.15, -0.1) is 0 Å². The molecule has 2 aliphatic heterocycles. The van der Waals surface area contributed by atoms with Gasteiger partial charge in [-0.2, -0.15) is 5.10 Å². The first-order chi connectivity index (χ1) is 15.0. The number of benzene rings is 1. The first kappa shape index (κ1) is 21.2. The number of methoxy groups -OCH3 is 2. The van der Waals surface area contributed by atoms with Gasteiger partial charge in [-0.1, -0.05) is 6.92 Å². The Labute approximate surface area is 181 Å². The fourth-order valence-corrected chi connectivity index (χ4v) is 4.21. The van der Waals surface area contributed by atoms with E-state index in [1.54, 1.807) is 30.2 Å². The Balaban J connectivity index is 1.52. The second-order valence-electron chi connectivity index (χ2n) is 7.80. The van der Waals surface area contributed by atoms with E-state index in [9.17, 15) is 9.59 Å². The third kappa shape index (κ3) is 4.10. The molecule has 0 spiro atoms. The average Bonchev–Trinajstić information content (AvgIpc) is 3.26. The summed E-state index contributed by atoms with van der Waals surface area (Å²) in [5.41, 5.74) is 2.65. The minimum absolute atomic E-state index is 0.0652. The Hall–Kier alpha value is -3.07. The molecule has 0 atom stereocenters. The number of H-pyrrole nitrogens is 1. The van der Waals surface area contributed by atoms with Gasteiger partial charge < -0.3 is 24.2 Å².